The molecule has 0 amide bonds. The van der Waals surface area contributed by atoms with Crippen LogP contribution in [0.1, 0.15) is 46.1 Å². The molecule has 0 bridgehead atoms. The van der Waals surface area contributed by atoms with E-state index in [-0.39, 0.29) is 0 Å². The number of aliphatic imine (C=N–C) groups is 1. The maximum absolute atomic E-state index is 5.73. The highest BCUT2D eigenvalue weighted by molar-refractivity contribution is 6.01. The zero-order chi connectivity index (χ0) is 24.6. The summed E-state index contributed by atoms with van der Waals surface area (Å²) in [6, 6.07) is 14.9. The summed E-state index contributed by atoms with van der Waals surface area (Å²) in [4.78, 5) is 8.00. The molecule has 0 aliphatic carbocycles. The molecular weight excluding hydrogens is 432 g/mol. The molecule has 3 aromatic rings. The molecule has 1 unspecified atom stereocenters. The minimum absolute atomic E-state index is 0.349. The fraction of sp³-hybridized carbons (Fsp3) is 0.300. The number of aromatic nitrogens is 1. The van der Waals surface area contributed by atoms with Crippen LogP contribution in [-0.4, -0.2) is 23.8 Å². The predicted molar refractivity (Wildman–Crippen MR) is 150 cm³/mol. The van der Waals surface area contributed by atoms with Gasteiger partial charge in [0.2, 0.25) is 0 Å². The zero-order valence-electron chi connectivity index (χ0n) is 21.2. The summed E-state index contributed by atoms with van der Waals surface area (Å²) in [5, 5.41) is 8.25. The molecule has 0 saturated heterocycles. The highest BCUT2D eigenvalue weighted by Gasteiger charge is 2.14. The molecule has 182 valence electrons. The molecule has 2 heterocycles. The van der Waals surface area contributed by atoms with Gasteiger partial charge in [0.25, 0.3) is 0 Å². The van der Waals surface area contributed by atoms with Crippen LogP contribution in [0.25, 0.3) is 16.5 Å². The molecule has 35 heavy (non-hydrogen) atoms. The fourth-order valence-electron chi connectivity index (χ4n) is 4.39. The van der Waals surface area contributed by atoms with Gasteiger partial charge in [-0.2, -0.15) is 0 Å². The summed E-state index contributed by atoms with van der Waals surface area (Å²) in [6.45, 7) is 10.1. The van der Waals surface area contributed by atoms with Crippen molar-refractivity contribution in [2.24, 2.45) is 10.9 Å². The summed E-state index contributed by atoms with van der Waals surface area (Å²) in [5.74, 6) is 1.25. The van der Waals surface area contributed by atoms with E-state index in [1.165, 1.54) is 22.0 Å². The van der Waals surface area contributed by atoms with Gasteiger partial charge in [-0.15, -0.1) is 0 Å². The highest BCUT2D eigenvalue weighted by Crippen LogP contribution is 2.32. The van der Waals surface area contributed by atoms with Crippen LogP contribution in [-0.2, 0) is 0 Å². The van der Waals surface area contributed by atoms with Gasteiger partial charge in [0, 0.05) is 30.1 Å². The van der Waals surface area contributed by atoms with E-state index < -0.39 is 0 Å². The number of rotatable bonds is 9. The SMILES string of the molecule is C/C=C(/c1ccc2cc[nH]c2c1)C(C)C/C=C(Nc1ccc2c(c1)NCCO2)/C(C)=N\C=C/CC. The number of ether oxygens (including phenoxy) is 1. The Morgan fingerprint density at radius 2 is 2.09 bits per heavy atom. The second kappa shape index (κ2) is 11.6. The van der Waals surface area contributed by atoms with Crippen LogP contribution < -0.4 is 15.4 Å². The Balaban J connectivity index is 1.57. The predicted octanol–water partition coefficient (Wildman–Crippen LogP) is 7.78. The molecule has 3 N–H and O–H groups in total. The smallest absolute Gasteiger partial charge is 0.142 e. The zero-order valence-corrected chi connectivity index (χ0v) is 21.2. The number of benzene rings is 2. The first-order valence-electron chi connectivity index (χ1n) is 12.5. The van der Waals surface area contributed by atoms with Crippen molar-refractivity contribution in [2.75, 3.05) is 23.8 Å². The number of H-pyrrole nitrogens is 1. The Bertz CT molecular complexity index is 1280. The molecule has 5 heteroatoms. The second-order valence-electron chi connectivity index (χ2n) is 8.90. The van der Waals surface area contributed by atoms with E-state index in [1.807, 2.05) is 18.5 Å². The minimum Gasteiger partial charge on any atom is -0.490 e. The molecule has 1 aliphatic heterocycles. The van der Waals surface area contributed by atoms with Gasteiger partial charge in [-0.1, -0.05) is 44.2 Å². The Morgan fingerprint density at radius 3 is 2.91 bits per heavy atom. The van der Waals surface area contributed by atoms with Crippen molar-refractivity contribution in [1.29, 1.82) is 0 Å². The van der Waals surface area contributed by atoms with Gasteiger partial charge >= 0.3 is 0 Å². The second-order valence-corrected chi connectivity index (χ2v) is 8.90. The number of nitrogens with zero attached hydrogens (tertiary/aromatic N) is 1. The first-order valence-corrected chi connectivity index (χ1v) is 12.5. The third kappa shape index (κ3) is 6.04. The average Bonchev–Trinajstić information content (AvgIpc) is 3.35. The van der Waals surface area contributed by atoms with Crippen molar-refractivity contribution in [3.63, 3.8) is 0 Å². The number of hydrogen-bond acceptors (Lipinski definition) is 4. The molecule has 0 fully saturated rings. The highest BCUT2D eigenvalue weighted by atomic mass is 16.5. The molecule has 0 radical (unpaired) electrons. The number of hydrogen-bond donors (Lipinski definition) is 3. The van der Waals surface area contributed by atoms with Crippen molar-refractivity contribution in [1.82, 2.24) is 4.98 Å². The average molecular weight is 469 g/mol. The Hall–Kier alpha value is -3.73. The summed E-state index contributed by atoms with van der Waals surface area (Å²) in [6.07, 6.45) is 12.3. The van der Waals surface area contributed by atoms with Crippen LogP contribution in [0.15, 0.2) is 83.8 Å². The summed E-state index contributed by atoms with van der Waals surface area (Å²) in [7, 11) is 0. The van der Waals surface area contributed by atoms with Crippen LogP contribution >= 0.6 is 0 Å². The quantitative estimate of drug-likeness (QED) is 0.281. The van der Waals surface area contributed by atoms with Crippen molar-refractivity contribution in [3.8, 4) is 5.75 Å². The summed E-state index contributed by atoms with van der Waals surface area (Å²) >= 11 is 0. The minimum atomic E-state index is 0.349. The standard InChI is InChI=1S/C30H36N4O/c1-5-7-15-31-22(4)27(34-25-11-13-30-29(20-25)33-17-18-35-30)12-8-21(3)26(6-2)24-10-9-23-14-16-32-28(23)19-24/h6-7,9-16,19-21,32-34H,5,8,17-18H2,1-4H3/b15-7-,26-6+,27-12-,31-22-. The van der Waals surface area contributed by atoms with E-state index in [0.29, 0.717) is 12.5 Å². The molecule has 1 aromatic heterocycles. The van der Waals surface area contributed by atoms with Crippen molar-refractivity contribution in [2.45, 2.75) is 40.5 Å². The Kier molecular flexibility index (Phi) is 8.09. The number of anilines is 2. The van der Waals surface area contributed by atoms with Crippen LogP contribution in [0.2, 0.25) is 0 Å². The van der Waals surface area contributed by atoms with Crippen molar-refractivity contribution < 1.29 is 4.74 Å². The Labute approximate surface area is 208 Å². The monoisotopic (exact) mass is 468 g/mol. The van der Waals surface area contributed by atoms with Crippen molar-refractivity contribution in [3.05, 3.63) is 84.3 Å². The molecule has 1 aliphatic rings. The van der Waals surface area contributed by atoms with Crippen LogP contribution in [0.5, 0.6) is 5.75 Å². The van der Waals surface area contributed by atoms with E-state index in [2.05, 4.69) is 103 Å². The van der Waals surface area contributed by atoms with E-state index in [4.69, 9.17) is 4.74 Å². The lowest BCUT2D eigenvalue weighted by Gasteiger charge is -2.21. The summed E-state index contributed by atoms with van der Waals surface area (Å²) in [5.41, 5.74) is 7.77. The van der Waals surface area contributed by atoms with E-state index in [1.54, 1.807) is 0 Å². The van der Waals surface area contributed by atoms with Gasteiger partial charge < -0.3 is 20.4 Å². The molecule has 1 atom stereocenters. The number of fused-ring (bicyclic) bond motifs is 2. The molecule has 2 aromatic carbocycles. The van der Waals surface area contributed by atoms with Crippen molar-refractivity contribution >= 4 is 33.6 Å². The third-order valence-electron chi connectivity index (χ3n) is 6.34. The maximum atomic E-state index is 5.73. The van der Waals surface area contributed by atoms with Gasteiger partial charge in [0.15, 0.2) is 0 Å². The first-order chi connectivity index (χ1) is 17.1. The van der Waals surface area contributed by atoms with E-state index in [9.17, 15) is 0 Å². The van der Waals surface area contributed by atoms with E-state index in [0.717, 1.165) is 47.9 Å². The lowest BCUT2D eigenvalue weighted by molar-refractivity contribution is 0.323. The maximum Gasteiger partial charge on any atom is 0.142 e. The molecule has 0 spiro atoms. The lowest BCUT2D eigenvalue weighted by Crippen LogP contribution is -2.18. The van der Waals surface area contributed by atoms with Gasteiger partial charge in [-0.25, -0.2) is 0 Å². The topological polar surface area (TPSA) is 61.4 Å². The molecular formula is C30H36N4O. The number of nitrogens with one attached hydrogen (secondary N) is 3. The van der Waals surface area contributed by atoms with Crippen LogP contribution in [0.3, 0.4) is 0 Å². The first kappa shape index (κ1) is 24.4. The van der Waals surface area contributed by atoms with Gasteiger partial charge in [0.05, 0.1) is 17.1 Å². The molecule has 4 rings (SSSR count). The summed E-state index contributed by atoms with van der Waals surface area (Å²) < 4.78 is 5.73. The lowest BCUT2D eigenvalue weighted by atomic mass is 9.90. The normalized spacial score (nSPS) is 15.6. The Morgan fingerprint density at radius 1 is 1.20 bits per heavy atom. The van der Waals surface area contributed by atoms with Gasteiger partial charge in [-0.05, 0) is 79.5 Å². The largest absolute Gasteiger partial charge is 0.490 e. The van der Waals surface area contributed by atoms with Gasteiger partial charge in [-0.3, -0.25) is 4.99 Å². The third-order valence-corrected chi connectivity index (χ3v) is 6.34. The van der Waals surface area contributed by atoms with E-state index >= 15 is 0 Å². The number of allylic oxidation sites excluding steroid dienone is 5. The fourth-order valence-corrected chi connectivity index (χ4v) is 4.39. The number of aromatic amines is 1. The molecule has 0 saturated carbocycles. The molecule has 5 nitrogen and oxygen atoms in total. The van der Waals surface area contributed by atoms with Gasteiger partial charge in [0.1, 0.15) is 12.4 Å². The van der Waals surface area contributed by atoms with Crippen LogP contribution in [0, 0.1) is 5.92 Å². The van der Waals surface area contributed by atoms with Crippen LogP contribution in [0.4, 0.5) is 11.4 Å².